The summed E-state index contributed by atoms with van der Waals surface area (Å²) in [6.45, 7) is 3.93. The van der Waals surface area contributed by atoms with Gasteiger partial charge in [0.15, 0.2) is 5.52 Å². The molecule has 0 radical (unpaired) electrons. The zero-order valence-corrected chi connectivity index (χ0v) is 20.0. The van der Waals surface area contributed by atoms with Crippen LogP contribution in [0.3, 0.4) is 0 Å². The van der Waals surface area contributed by atoms with Crippen LogP contribution in [-0.2, 0) is 9.32 Å². The van der Waals surface area contributed by atoms with E-state index in [1.165, 1.54) is 89.9 Å². The van der Waals surface area contributed by atoms with Crippen molar-refractivity contribution in [1.29, 1.82) is 0 Å². The van der Waals surface area contributed by atoms with E-state index < -0.39 is 0 Å². The van der Waals surface area contributed by atoms with E-state index in [4.69, 9.17) is 4.52 Å². The maximum atomic E-state index is 11.8. The summed E-state index contributed by atoms with van der Waals surface area (Å²) in [6.07, 6.45) is 21.2. The summed E-state index contributed by atoms with van der Waals surface area (Å²) in [6, 6.07) is 0. The van der Waals surface area contributed by atoms with E-state index in [-0.39, 0.29) is 8.81 Å². The van der Waals surface area contributed by atoms with E-state index >= 15 is 0 Å². The highest BCUT2D eigenvalue weighted by molar-refractivity contribution is 7.53. The molecule has 0 rings (SSSR count). The van der Waals surface area contributed by atoms with Gasteiger partial charge in [-0.15, -0.1) is 0 Å². The standard InChI is InChI=1S/C23H49NO2P/c1-5-6-7-8-9-10-11-12-13-14-15-16-17-18-19-20-23(25)27-26-22-21-24(2,3)4/h27H,5-22H2,1-4H3/q+1. The number of carbonyl (C=O) groups excluding carboxylic acids is 1. The van der Waals surface area contributed by atoms with Crippen molar-refractivity contribution in [2.24, 2.45) is 0 Å². The monoisotopic (exact) mass is 402 g/mol. The molecule has 0 fully saturated rings. The van der Waals surface area contributed by atoms with Crippen LogP contribution in [0.15, 0.2) is 0 Å². The molecule has 0 heterocycles. The van der Waals surface area contributed by atoms with Crippen molar-refractivity contribution < 1.29 is 13.8 Å². The maximum Gasteiger partial charge on any atom is 0.178 e. The van der Waals surface area contributed by atoms with Gasteiger partial charge in [0, 0.05) is 6.42 Å². The molecule has 0 N–H and O–H groups in total. The highest BCUT2D eigenvalue weighted by atomic mass is 31.1. The summed E-state index contributed by atoms with van der Waals surface area (Å²) >= 11 is 0. The topological polar surface area (TPSA) is 26.3 Å². The van der Waals surface area contributed by atoms with E-state index in [0.717, 1.165) is 17.4 Å². The molecule has 3 nitrogen and oxygen atoms in total. The molecule has 0 aromatic heterocycles. The molecule has 162 valence electrons. The van der Waals surface area contributed by atoms with Crippen molar-refractivity contribution in [3.63, 3.8) is 0 Å². The van der Waals surface area contributed by atoms with Crippen LogP contribution in [0.25, 0.3) is 0 Å². The molecule has 0 aliphatic carbocycles. The average Bonchev–Trinajstić information content (AvgIpc) is 2.61. The van der Waals surface area contributed by atoms with E-state index in [1.807, 2.05) is 0 Å². The zero-order valence-electron chi connectivity index (χ0n) is 19.0. The van der Waals surface area contributed by atoms with Gasteiger partial charge in [-0.25, -0.2) is 0 Å². The second-order valence-corrected chi connectivity index (χ2v) is 10.1. The SMILES string of the molecule is CCCCCCCCCCCCCCCCCC(=O)POCC[N+](C)(C)C. The fourth-order valence-corrected chi connectivity index (χ4v) is 3.79. The number of carbonyl (C=O) groups is 1. The van der Waals surface area contributed by atoms with Crippen LogP contribution in [-0.4, -0.2) is 44.3 Å². The van der Waals surface area contributed by atoms with Crippen molar-refractivity contribution >= 4 is 14.3 Å². The Hall–Kier alpha value is 0.0200. The first kappa shape index (κ1) is 27.0. The molecule has 0 aliphatic heterocycles. The lowest BCUT2D eigenvalue weighted by Gasteiger charge is -2.23. The lowest BCUT2D eigenvalue weighted by molar-refractivity contribution is -0.870. The fourth-order valence-electron chi connectivity index (χ4n) is 3.16. The first-order valence-corrected chi connectivity index (χ1v) is 12.6. The average molecular weight is 403 g/mol. The molecule has 0 aromatic rings. The molecule has 0 spiro atoms. The quantitative estimate of drug-likeness (QED) is 0.116. The van der Waals surface area contributed by atoms with Crippen LogP contribution in [0.4, 0.5) is 0 Å². The molecule has 1 unspecified atom stereocenters. The Kier molecular flexibility index (Phi) is 19.4. The second kappa shape index (κ2) is 19.3. The zero-order chi connectivity index (χ0) is 20.2. The van der Waals surface area contributed by atoms with Crippen LogP contribution < -0.4 is 0 Å². The van der Waals surface area contributed by atoms with Gasteiger partial charge in [0.25, 0.3) is 0 Å². The van der Waals surface area contributed by atoms with Crippen LogP contribution in [0.1, 0.15) is 110 Å². The minimum absolute atomic E-state index is 0.0540. The molecule has 0 aliphatic rings. The van der Waals surface area contributed by atoms with Gasteiger partial charge >= 0.3 is 0 Å². The van der Waals surface area contributed by atoms with Gasteiger partial charge in [0.05, 0.1) is 30.0 Å². The van der Waals surface area contributed by atoms with E-state index in [2.05, 4.69) is 28.1 Å². The van der Waals surface area contributed by atoms with Crippen LogP contribution in [0, 0.1) is 0 Å². The lowest BCUT2D eigenvalue weighted by atomic mass is 10.0. The van der Waals surface area contributed by atoms with Gasteiger partial charge in [0.2, 0.25) is 0 Å². The van der Waals surface area contributed by atoms with Gasteiger partial charge in [-0.05, 0) is 6.42 Å². The van der Waals surface area contributed by atoms with Crippen molar-refractivity contribution in [2.75, 3.05) is 34.3 Å². The number of likely N-dealkylation sites (N-methyl/N-ethyl adjacent to an activating group) is 1. The Labute approximate surface area is 172 Å². The third-order valence-electron chi connectivity index (χ3n) is 5.06. The van der Waals surface area contributed by atoms with E-state index in [0.29, 0.717) is 18.6 Å². The minimum Gasteiger partial charge on any atom is -0.349 e. The molecule has 1 atom stereocenters. The normalized spacial score (nSPS) is 12.3. The summed E-state index contributed by atoms with van der Waals surface area (Å²) < 4.78 is 6.40. The molecule has 4 heteroatoms. The van der Waals surface area contributed by atoms with E-state index in [9.17, 15) is 4.79 Å². The van der Waals surface area contributed by atoms with Crippen LogP contribution in [0.5, 0.6) is 0 Å². The largest absolute Gasteiger partial charge is 0.349 e. The molecular weight excluding hydrogens is 353 g/mol. The highest BCUT2D eigenvalue weighted by Crippen LogP contribution is 2.19. The maximum absolute atomic E-state index is 11.8. The van der Waals surface area contributed by atoms with Crippen molar-refractivity contribution in [2.45, 2.75) is 110 Å². The number of unbranched alkanes of at least 4 members (excludes halogenated alkanes) is 14. The molecule has 0 bridgehead atoms. The predicted molar refractivity (Wildman–Crippen MR) is 122 cm³/mol. The summed E-state index contributed by atoms with van der Waals surface area (Å²) in [7, 11) is 6.48. The smallest absolute Gasteiger partial charge is 0.178 e. The molecule has 27 heavy (non-hydrogen) atoms. The summed E-state index contributed by atoms with van der Waals surface area (Å²) in [5.74, 6) is 0. The number of quaternary nitrogens is 1. The number of nitrogens with zero attached hydrogens (tertiary/aromatic N) is 1. The van der Waals surface area contributed by atoms with Gasteiger partial charge in [-0.2, -0.15) is 0 Å². The number of hydrogen-bond acceptors (Lipinski definition) is 2. The Balaban J connectivity index is 3.17. The molecule has 0 saturated heterocycles. The van der Waals surface area contributed by atoms with Gasteiger partial charge in [-0.1, -0.05) is 96.8 Å². The lowest BCUT2D eigenvalue weighted by Crippen LogP contribution is -2.37. The van der Waals surface area contributed by atoms with Crippen LogP contribution >= 0.6 is 8.81 Å². The predicted octanol–water partition coefficient (Wildman–Crippen LogP) is 7.09. The Morgan fingerprint density at radius 3 is 1.52 bits per heavy atom. The summed E-state index contributed by atoms with van der Waals surface area (Å²) in [4.78, 5) is 11.8. The Morgan fingerprint density at radius 1 is 0.704 bits per heavy atom. The van der Waals surface area contributed by atoms with Gasteiger partial charge in [0.1, 0.15) is 13.2 Å². The molecule has 0 saturated carbocycles. The summed E-state index contributed by atoms with van der Waals surface area (Å²) in [5.41, 5.74) is 0.297. The fraction of sp³-hybridized carbons (Fsp3) is 0.957. The molecular formula is C23H49NO2P+. The Bertz CT molecular complexity index is 329. The number of hydrogen-bond donors (Lipinski definition) is 0. The van der Waals surface area contributed by atoms with Crippen molar-refractivity contribution in [3.8, 4) is 0 Å². The number of rotatable bonds is 21. The first-order valence-electron chi connectivity index (χ1n) is 11.7. The molecule has 0 aromatic carbocycles. The second-order valence-electron chi connectivity index (χ2n) is 9.09. The summed E-state index contributed by atoms with van der Waals surface area (Å²) in [5, 5.41) is 0. The molecule has 0 amide bonds. The van der Waals surface area contributed by atoms with E-state index in [1.54, 1.807) is 0 Å². The van der Waals surface area contributed by atoms with Crippen molar-refractivity contribution in [3.05, 3.63) is 0 Å². The first-order chi connectivity index (χ1) is 13.0. The minimum atomic E-state index is 0.0540. The van der Waals surface area contributed by atoms with Gasteiger partial charge in [-0.3, -0.25) is 4.79 Å². The third-order valence-corrected chi connectivity index (χ3v) is 5.88. The van der Waals surface area contributed by atoms with Gasteiger partial charge < -0.3 is 9.01 Å². The Morgan fingerprint density at radius 2 is 1.11 bits per heavy atom. The highest BCUT2D eigenvalue weighted by Gasteiger charge is 2.07. The van der Waals surface area contributed by atoms with Crippen molar-refractivity contribution in [1.82, 2.24) is 0 Å². The third kappa shape index (κ3) is 24.0. The van der Waals surface area contributed by atoms with Crippen LogP contribution in [0.2, 0.25) is 0 Å².